The second-order valence-corrected chi connectivity index (χ2v) is 8.24. The van der Waals surface area contributed by atoms with E-state index in [9.17, 15) is 14.7 Å². The van der Waals surface area contributed by atoms with Crippen LogP contribution in [0.3, 0.4) is 0 Å². The summed E-state index contributed by atoms with van der Waals surface area (Å²) in [6, 6.07) is 0. The molecular formula is C20H24O3. The molecule has 6 atom stereocenters. The molecule has 0 aliphatic heterocycles. The van der Waals surface area contributed by atoms with Gasteiger partial charge in [-0.3, -0.25) is 9.59 Å². The van der Waals surface area contributed by atoms with Crippen LogP contribution in [0.2, 0.25) is 0 Å². The summed E-state index contributed by atoms with van der Waals surface area (Å²) in [5, 5.41) is 10.5. The van der Waals surface area contributed by atoms with E-state index in [4.69, 9.17) is 0 Å². The van der Waals surface area contributed by atoms with E-state index in [0.29, 0.717) is 23.3 Å². The minimum Gasteiger partial charge on any atom is -0.393 e. The summed E-state index contributed by atoms with van der Waals surface area (Å²) in [6.45, 7) is 4.39. The molecule has 1 N–H and O–H groups in total. The number of carbonyl (C=O) groups excluding carboxylic acids is 2. The Bertz CT molecular complexity index is 670. The van der Waals surface area contributed by atoms with Gasteiger partial charge in [0, 0.05) is 11.0 Å². The monoisotopic (exact) mass is 312 g/mol. The maximum Gasteiger partial charge on any atom is 0.178 e. The Morgan fingerprint density at radius 1 is 1.22 bits per heavy atom. The van der Waals surface area contributed by atoms with Gasteiger partial charge in [-0.2, -0.15) is 0 Å². The van der Waals surface area contributed by atoms with Crippen LogP contribution < -0.4 is 0 Å². The highest BCUT2D eigenvalue weighted by Gasteiger charge is 2.58. The number of rotatable bonds is 1. The SMILES string of the molecule is C[C@]12CC[C@H]3[C@@H](C=C(C=O)C4=CC(=O)C=C[C@@]43C)[C@@H]1CC[C@@H]2O. The van der Waals surface area contributed by atoms with Crippen LogP contribution in [-0.4, -0.2) is 23.3 Å². The molecule has 0 bridgehead atoms. The molecule has 0 spiro atoms. The number of ketones is 1. The van der Waals surface area contributed by atoms with E-state index >= 15 is 0 Å². The van der Waals surface area contributed by atoms with Crippen molar-refractivity contribution in [1.29, 1.82) is 0 Å². The fourth-order valence-corrected chi connectivity index (χ4v) is 5.91. The summed E-state index contributed by atoms with van der Waals surface area (Å²) in [5.41, 5.74) is 1.30. The van der Waals surface area contributed by atoms with Gasteiger partial charge in [0.05, 0.1) is 6.10 Å². The lowest BCUT2D eigenvalue weighted by molar-refractivity contribution is -0.110. The Labute approximate surface area is 137 Å². The van der Waals surface area contributed by atoms with Crippen molar-refractivity contribution in [3.63, 3.8) is 0 Å². The smallest absolute Gasteiger partial charge is 0.178 e. The summed E-state index contributed by atoms with van der Waals surface area (Å²) in [7, 11) is 0. The molecule has 4 rings (SSSR count). The van der Waals surface area contributed by atoms with Gasteiger partial charge in [0.1, 0.15) is 6.29 Å². The van der Waals surface area contributed by atoms with Crippen LogP contribution in [0.25, 0.3) is 0 Å². The molecular weight excluding hydrogens is 288 g/mol. The molecule has 0 aromatic rings. The average Bonchev–Trinajstić information content (AvgIpc) is 2.83. The summed E-state index contributed by atoms with van der Waals surface area (Å²) in [5.74, 6) is 1.12. The number of carbonyl (C=O) groups is 2. The van der Waals surface area contributed by atoms with E-state index in [1.807, 2.05) is 6.08 Å². The Hall–Kier alpha value is -1.48. The first-order valence-electron chi connectivity index (χ1n) is 8.71. The van der Waals surface area contributed by atoms with Gasteiger partial charge < -0.3 is 5.11 Å². The van der Waals surface area contributed by atoms with E-state index in [2.05, 4.69) is 19.9 Å². The fourth-order valence-electron chi connectivity index (χ4n) is 5.91. The molecule has 0 aromatic heterocycles. The van der Waals surface area contributed by atoms with Gasteiger partial charge >= 0.3 is 0 Å². The van der Waals surface area contributed by atoms with Gasteiger partial charge in [-0.25, -0.2) is 0 Å². The van der Waals surface area contributed by atoms with E-state index in [1.165, 1.54) is 0 Å². The van der Waals surface area contributed by atoms with Gasteiger partial charge in [-0.1, -0.05) is 26.0 Å². The minimum absolute atomic E-state index is 0.0272. The molecule has 0 radical (unpaired) electrons. The zero-order valence-electron chi connectivity index (χ0n) is 13.8. The zero-order chi connectivity index (χ0) is 16.4. The molecule has 0 aromatic carbocycles. The molecule has 0 heterocycles. The highest BCUT2D eigenvalue weighted by Crippen LogP contribution is 2.63. The number of allylic oxidation sites excluding steroid dienone is 6. The lowest BCUT2D eigenvalue weighted by atomic mass is 9.49. The average molecular weight is 312 g/mol. The molecule has 0 unspecified atom stereocenters. The molecule has 0 amide bonds. The van der Waals surface area contributed by atoms with Crippen molar-refractivity contribution in [2.45, 2.75) is 45.6 Å². The van der Waals surface area contributed by atoms with Crippen LogP contribution in [0.5, 0.6) is 0 Å². The highest BCUT2D eigenvalue weighted by molar-refractivity contribution is 6.03. The summed E-state index contributed by atoms with van der Waals surface area (Å²) in [4.78, 5) is 23.5. The lowest BCUT2D eigenvalue weighted by Crippen LogP contribution is -2.49. The van der Waals surface area contributed by atoms with E-state index in [0.717, 1.165) is 37.5 Å². The molecule has 0 saturated heterocycles. The van der Waals surface area contributed by atoms with Crippen LogP contribution in [0.4, 0.5) is 0 Å². The van der Waals surface area contributed by atoms with Gasteiger partial charge in [-0.15, -0.1) is 0 Å². The molecule has 3 heteroatoms. The Morgan fingerprint density at radius 2 is 2.00 bits per heavy atom. The summed E-state index contributed by atoms with van der Waals surface area (Å²) < 4.78 is 0. The van der Waals surface area contributed by atoms with Crippen molar-refractivity contribution in [3.05, 3.63) is 35.5 Å². The van der Waals surface area contributed by atoms with E-state index < -0.39 is 0 Å². The van der Waals surface area contributed by atoms with Gasteiger partial charge in [0.15, 0.2) is 5.78 Å². The van der Waals surface area contributed by atoms with Gasteiger partial charge in [0.2, 0.25) is 0 Å². The third-order valence-corrected chi connectivity index (χ3v) is 7.32. The Morgan fingerprint density at radius 3 is 2.74 bits per heavy atom. The quantitative estimate of drug-likeness (QED) is 0.757. The van der Waals surface area contributed by atoms with Gasteiger partial charge in [-0.05, 0) is 66.6 Å². The number of fused-ring (bicyclic) bond motifs is 5. The first-order valence-corrected chi connectivity index (χ1v) is 8.71. The topological polar surface area (TPSA) is 54.4 Å². The molecule has 2 saturated carbocycles. The second kappa shape index (κ2) is 4.76. The third-order valence-electron chi connectivity index (χ3n) is 7.32. The third kappa shape index (κ3) is 1.86. The molecule has 4 aliphatic carbocycles. The molecule has 122 valence electrons. The zero-order valence-corrected chi connectivity index (χ0v) is 13.8. The largest absolute Gasteiger partial charge is 0.393 e. The summed E-state index contributed by atoms with van der Waals surface area (Å²) in [6.07, 6.45) is 12.1. The predicted octanol–water partition coefficient (Wildman–Crippen LogP) is 3.00. The number of aliphatic hydroxyl groups is 1. The number of hydrogen-bond acceptors (Lipinski definition) is 3. The normalized spacial score (nSPS) is 48.0. The standard InChI is InChI=1S/C20H24O3/c1-19-7-5-13(22)10-17(19)12(11-21)9-14-15-3-4-18(23)20(15,2)8-6-16(14)19/h5,7,9-11,14-16,18,23H,3-4,6,8H2,1-2H3/t14-,15-,16-,18-,19+,20-/m0/s1. The minimum atomic E-state index is -0.238. The first-order chi connectivity index (χ1) is 10.9. The highest BCUT2D eigenvalue weighted by atomic mass is 16.3. The number of aliphatic hydroxyl groups excluding tert-OH is 1. The number of hydrogen-bond donors (Lipinski definition) is 1. The Kier molecular flexibility index (Phi) is 3.12. The van der Waals surface area contributed by atoms with Crippen LogP contribution in [-0.2, 0) is 9.59 Å². The second-order valence-electron chi connectivity index (χ2n) is 8.24. The van der Waals surface area contributed by atoms with Crippen molar-refractivity contribution in [3.8, 4) is 0 Å². The van der Waals surface area contributed by atoms with Crippen molar-refractivity contribution < 1.29 is 14.7 Å². The van der Waals surface area contributed by atoms with Crippen LogP contribution in [0.1, 0.15) is 39.5 Å². The number of aldehydes is 1. The van der Waals surface area contributed by atoms with Crippen molar-refractivity contribution in [2.75, 3.05) is 0 Å². The molecule has 3 nitrogen and oxygen atoms in total. The van der Waals surface area contributed by atoms with Crippen LogP contribution >= 0.6 is 0 Å². The maximum atomic E-state index is 11.8. The van der Waals surface area contributed by atoms with Crippen molar-refractivity contribution >= 4 is 12.1 Å². The van der Waals surface area contributed by atoms with E-state index in [1.54, 1.807) is 12.2 Å². The first kappa shape index (κ1) is 15.1. The molecule has 4 aliphatic rings. The van der Waals surface area contributed by atoms with Crippen LogP contribution in [0.15, 0.2) is 35.5 Å². The lowest BCUT2D eigenvalue weighted by Gasteiger charge is -2.55. The van der Waals surface area contributed by atoms with E-state index in [-0.39, 0.29) is 22.7 Å². The summed E-state index contributed by atoms with van der Waals surface area (Å²) >= 11 is 0. The predicted molar refractivity (Wildman–Crippen MR) is 87.5 cm³/mol. The van der Waals surface area contributed by atoms with Crippen LogP contribution in [0, 0.1) is 28.6 Å². The molecule has 23 heavy (non-hydrogen) atoms. The maximum absolute atomic E-state index is 11.8. The fraction of sp³-hybridized carbons (Fsp3) is 0.600. The van der Waals surface area contributed by atoms with Gasteiger partial charge in [0.25, 0.3) is 0 Å². The Balaban J connectivity index is 1.85. The van der Waals surface area contributed by atoms with Crippen molar-refractivity contribution in [1.82, 2.24) is 0 Å². The molecule has 2 fully saturated rings. The van der Waals surface area contributed by atoms with Crippen molar-refractivity contribution in [2.24, 2.45) is 28.6 Å².